The number of aliphatic hydroxyl groups is 1. The summed E-state index contributed by atoms with van der Waals surface area (Å²) in [4.78, 5) is 38.0. The van der Waals surface area contributed by atoms with Crippen molar-refractivity contribution in [3.05, 3.63) is 62.4 Å². The van der Waals surface area contributed by atoms with E-state index in [2.05, 4.69) is 4.98 Å². The second-order valence-electron chi connectivity index (χ2n) is 7.40. The minimum absolute atomic E-state index is 0.0786. The highest BCUT2D eigenvalue weighted by Gasteiger charge is 2.36. The minimum Gasteiger partial charge on any atom is -0.391 e. The van der Waals surface area contributed by atoms with Gasteiger partial charge in [0.15, 0.2) is 6.29 Å². The lowest BCUT2D eigenvalue weighted by atomic mass is 9.92. The van der Waals surface area contributed by atoms with Crippen molar-refractivity contribution in [1.82, 2.24) is 14.1 Å². The highest BCUT2D eigenvalue weighted by molar-refractivity contribution is 5.80. The summed E-state index contributed by atoms with van der Waals surface area (Å²) in [6.07, 6.45) is -0.246. The predicted octanol–water partition coefficient (Wildman–Crippen LogP) is 2.79. The lowest BCUT2D eigenvalue weighted by Crippen LogP contribution is -2.42. The van der Waals surface area contributed by atoms with Crippen LogP contribution in [0.25, 0.3) is 16.7 Å². The normalized spacial score (nSPS) is 19.9. The quantitative estimate of drug-likeness (QED) is 0.502. The molecule has 0 aliphatic heterocycles. The van der Waals surface area contributed by atoms with Gasteiger partial charge in [-0.05, 0) is 31.0 Å². The molecule has 7 nitrogen and oxygen atoms in total. The van der Waals surface area contributed by atoms with Crippen LogP contribution in [-0.2, 0) is 6.18 Å². The Morgan fingerprint density at radius 2 is 1.90 bits per heavy atom. The van der Waals surface area contributed by atoms with E-state index < -0.39 is 35.0 Å². The second-order valence-corrected chi connectivity index (χ2v) is 7.40. The maximum absolute atomic E-state index is 13.8. The molecule has 2 atom stereocenters. The number of fused-ring (bicyclic) bond motifs is 1. The minimum atomic E-state index is -4.75. The molecule has 0 radical (unpaired) electrons. The molecule has 1 aliphatic rings. The molecule has 4 rings (SSSR count). The Balaban J connectivity index is 2.06. The van der Waals surface area contributed by atoms with Gasteiger partial charge in [0.1, 0.15) is 0 Å². The van der Waals surface area contributed by atoms with Crippen molar-refractivity contribution in [3.63, 3.8) is 0 Å². The smallest absolute Gasteiger partial charge is 0.391 e. The van der Waals surface area contributed by atoms with Crippen LogP contribution in [0.2, 0.25) is 0 Å². The molecule has 0 unspecified atom stereocenters. The Morgan fingerprint density at radius 3 is 2.53 bits per heavy atom. The number of nitrogens with zero attached hydrogens (tertiary/aromatic N) is 2. The zero-order chi connectivity index (χ0) is 21.6. The largest absolute Gasteiger partial charge is 0.418 e. The van der Waals surface area contributed by atoms with Crippen LogP contribution in [0.5, 0.6) is 0 Å². The number of halogens is 3. The molecule has 0 amide bonds. The summed E-state index contributed by atoms with van der Waals surface area (Å²) in [5.41, 5.74) is -3.21. The number of aliphatic hydroxyl groups excluding tert-OH is 1. The fourth-order valence-corrected chi connectivity index (χ4v) is 4.07. The molecule has 3 aromatic rings. The summed E-state index contributed by atoms with van der Waals surface area (Å²) >= 11 is 0. The van der Waals surface area contributed by atoms with Gasteiger partial charge < -0.3 is 14.7 Å². The van der Waals surface area contributed by atoms with Crippen molar-refractivity contribution < 1.29 is 23.1 Å². The third-order valence-electron chi connectivity index (χ3n) is 5.50. The Kier molecular flexibility index (Phi) is 4.89. The number of carbonyl (C=O) groups excluding carboxylic acids is 1. The Labute approximate surface area is 167 Å². The standard InChI is InChI=1S/C20H18F3N3O4/c21-20(22,23)12-7-13-16(8-15(12)25-6-5-11(9-25)10-27)26(19(30)18(29)24-13)14-3-1-2-4-17(14)28/h5-10,14,17,28H,1-4H2,(H,24,29)/t14-,17+/m1/s1. The first kappa shape index (κ1) is 20.1. The summed E-state index contributed by atoms with van der Waals surface area (Å²) in [5, 5.41) is 10.4. The van der Waals surface area contributed by atoms with Crippen molar-refractivity contribution >= 4 is 17.3 Å². The van der Waals surface area contributed by atoms with Gasteiger partial charge in [0.2, 0.25) is 0 Å². The van der Waals surface area contributed by atoms with Crippen molar-refractivity contribution in [2.45, 2.75) is 44.0 Å². The molecule has 1 saturated carbocycles. The van der Waals surface area contributed by atoms with Gasteiger partial charge in [-0.3, -0.25) is 19.0 Å². The van der Waals surface area contributed by atoms with E-state index in [4.69, 9.17) is 0 Å². The van der Waals surface area contributed by atoms with Gasteiger partial charge in [-0.1, -0.05) is 12.8 Å². The summed E-state index contributed by atoms with van der Waals surface area (Å²) in [7, 11) is 0. The second kappa shape index (κ2) is 7.28. The molecule has 0 spiro atoms. The number of nitrogens with one attached hydrogen (secondary N) is 1. The van der Waals surface area contributed by atoms with Gasteiger partial charge in [0.05, 0.1) is 34.4 Å². The lowest BCUT2D eigenvalue weighted by Gasteiger charge is -2.30. The van der Waals surface area contributed by atoms with Crippen LogP contribution < -0.4 is 11.1 Å². The van der Waals surface area contributed by atoms with Crippen LogP contribution in [0.15, 0.2) is 40.2 Å². The molecular weight excluding hydrogens is 403 g/mol. The fourth-order valence-electron chi connectivity index (χ4n) is 4.07. The monoisotopic (exact) mass is 421 g/mol. The van der Waals surface area contributed by atoms with E-state index in [1.807, 2.05) is 0 Å². The average Bonchev–Trinajstić information content (AvgIpc) is 3.18. The summed E-state index contributed by atoms with van der Waals surface area (Å²) in [6.45, 7) is 0. The molecule has 1 aliphatic carbocycles. The average molecular weight is 421 g/mol. The zero-order valence-corrected chi connectivity index (χ0v) is 15.6. The summed E-state index contributed by atoms with van der Waals surface area (Å²) in [6, 6.07) is 2.58. The summed E-state index contributed by atoms with van der Waals surface area (Å²) in [5.74, 6) is 0. The van der Waals surface area contributed by atoms with Crippen molar-refractivity contribution in [3.8, 4) is 5.69 Å². The van der Waals surface area contributed by atoms with Crippen LogP contribution in [0.3, 0.4) is 0 Å². The molecule has 2 aromatic heterocycles. The number of aromatic nitrogens is 3. The third kappa shape index (κ3) is 3.36. The maximum atomic E-state index is 13.8. The number of hydrogen-bond donors (Lipinski definition) is 2. The first-order valence-electron chi connectivity index (χ1n) is 9.42. The number of hydrogen-bond acceptors (Lipinski definition) is 4. The molecule has 1 aromatic carbocycles. The molecule has 2 heterocycles. The van der Waals surface area contributed by atoms with Crippen LogP contribution in [0.4, 0.5) is 13.2 Å². The maximum Gasteiger partial charge on any atom is 0.418 e. The molecule has 10 heteroatoms. The number of aldehydes is 1. The van der Waals surface area contributed by atoms with E-state index in [0.717, 1.165) is 34.1 Å². The number of rotatable bonds is 3. The number of carbonyl (C=O) groups is 1. The van der Waals surface area contributed by atoms with E-state index in [-0.39, 0.29) is 22.3 Å². The molecule has 30 heavy (non-hydrogen) atoms. The van der Waals surface area contributed by atoms with Gasteiger partial charge in [-0.15, -0.1) is 0 Å². The van der Waals surface area contributed by atoms with E-state index in [1.54, 1.807) is 0 Å². The molecule has 0 saturated heterocycles. The SMILES string of the molecule is O=Cc1ccn(-c2cc3c(cc2C(F)(F)F)[nH]c(=O)c(=O)n3[C@@H]2CCCC[C@@H]2O)c1. The third-order valence-corrected chi connectivity index (χ3v) is 5.50. The topological polar surface area (TPSA) is 97.1 Å². The number of alkyl halides is 3. The van der Waals surface area contributed by atoms with Crippen molar-refractivity contribution in [1.29, 1.82) is 0 Å². The lowest BCUT2D eigenvalue weighted by molar-refractivity contribution is -0.137. The van der Waals surface area contributed by atoms with E-state index in [9.17, 15) is 32.7 Å². The van der Waals surface area contributed by atoms with Crippen LogP contribution >= 0.6 is 0 Å². The number of H-pyrrole nitrogens is 1. The van der Waals surface area contributed by atoms with Crippen LogP contribution in [-0.4, -0.2) is 31.6 Å². The van der Waals surface area contributed by atoms with E-state index in [0.29, 0.717) is 19.1 Å². The van der Waals surface area contributed by atoms with Crippen molar-refractivity contribution in [2.24, 2.45) is 0 Å². The van der Waals surface area contributed by atoms with Gasteiger partial charge in [-0.2, -0.15) is 13.2 Å². The Morgan fingerprint density at radius 1 is 1.17 bits per heavy atom. The first-order chi connectivity index (χ1) is 14.2. The van der Waals surface area contributed by atoms with Gasteiger partial charge >= 0.3 is 17.3 Å². The van der Waals surface area contributed by atoms with Gasteiger partial charge in [0, 0.05) is 18.0 Å². The highest BCUT2D eigenvalue weighted by Crippen LogP contribution is 2.37. The summed E-state index contributed by atoms with van der Waals surface area (Å²) < 4.78 is 43.5. The van der Waals surface area contributed by atoms with Crippen LogP contribution in [0.1, 0.15) is 47.6 Å². The van der Waals surface area contributed by atoms with E-state index in [1.165, 1.54) is 18.5 Å². The molecule has 1 fully saturated rings. The number of aromatic amines is 1. The zero-order valence-electron chi connectivity index (χ0n) is 15.6. The van der Waals surface area contributed by atoms with Gasteiger partial charge in [0.25, 0.3) is 0 Å². The van der Waals surface area contributed by atoms with E-state index >= 15 is 0 Å². The number of benzene rings is 1. The van der Waals surface area contributed by atoms with Crippen LogP contribution in [0, 0.1) is 0 Å². The predicted molar refractivity (Wildman–Crippen MR) is 102 cm³/mol. The molecule has 158 valence electrons. The van der Waals surface area contributed by atoms with Gasteiger partial charge in [-0.25, -0.2) is 0 Å². The van der Waals surface area contributed by atoms with Crippen molar-refractivity contribution in [2.75, 3.05) is 0 Å². The molecular formula is C20H18F3N3O4. The molecule has 0 bridgehead atoms. The Bertz CT molecular complexity index is 1240. The fraction of sp³-hybridized carbons (Fsp3) is 0.350. The highest BCUT2D eigenvalue weighted by atomic mass is 19.4. The first-order valence-corrected chi connectivity index (χ1v) is 9.42. The molecule has 2 N–H and O–H groups in total. The Hall–Kier alpha value is -3.14.